The van der Waals surface area contributed by atoms with Gasteiger partial charge in [0.25, 0.3) is 0 Å². The predicted octanol–water partition coefficient (Wildman–Crippen LogP) is 0.735. The zero-order valence-corrected chi connectivity index (χ0v) is 9.36. The summed E-state index contributed by atoms with van der Waals surface area (Å²) in [7, 11) is 0. The predicted molar refractivity (Wildman–Crippen MR) is 57.8 cm³/mol. The van der Waals surface area contributed by atoms with E-state index < -0.39 is 24.3 Å². The zero-order valence-electron chi connectivity index (χ0n) is 9.36. The van der Waals surface area contributed by atoms with Crippen molar-refractivity contribution in [1.82, 2.24) is 0 Å². The van der Waals surface area contributed by atoms with Gasteiger partial charge < -0.3 is 14.9 Å². The van der Waals surface area contributed by atoms with Crippen LogP contribution in [0.1, 0.15) is 11.1 Å². The first-order valence-corrected chi connectivity index (χ1v) is 5.04. The van der Waals surface area contributed by atoms with Gasteiger partial charge in [-0.1, -0.05) is 11.6 Å². The third kappa shape index (κ3) is 3.92. The minimum atomic E-state index is -3.51. The van der Waals surface area contributed by atoms with Crippen LogP contribution in [-0.4, -0.2) is 29.5 Å². The van der Waals surface area contributed by atoms with Crippen LogP contribution < -0.4 is 10.5 Å². The summed E-state index contributed by atoms with van der Waals surface area (Å²) < 4.78 is 31.2. The molecule has 0 spiro atoms. The third-order valence-electron chi connectivity index (χ3n) is 2.14. The van der Waals surface area contributed by atoms with Crippen LogP contribution in [0.15, 0.2) is 18.2 Å². The van der Waals surface area contributed by atoms with Gasteiger partial charge in [0.15, 0.2) is 0 Å². The first-order valence-electron chi connectivity index (χ1n) is 5.04. The summed E-state index contributed by atoms with van der Waals surface area (Å²) >= 11 is 0. The Morgan fingerprint density at radius 1 is 1.47 bits per heavy atom. The molecule has 0 aliphatic rings. The second-order valence-corrected chi connectivity index (χ2v) is 3.77. The lowest BCUT2D eigenvalue weighted by Crippen LogP contribution is -2.27. The van der Waals surface area contributed by atoms with Crippen LogP contribution in [0.2, 0.25) is 0 Å². The summed E-state index contributed by atoms with van der Waals surface area (Å²) in [6.45, 7) is 0.879. The van der Waals surface area contributed by atoms with Crippen LogP contribution in [0.5, 0.6) is 5.75 Å². The Hall–Kier alpha value is -1.24. The van der Waals surface area contributed by atoms with E-state index in [0.717, 1.165) is 0 Å². The number of hydrogen-bond acceptors (Lipinski definition) is 4. The van der Waals surface area contributed by atoms with Crippen LogP contribution in [-0.2, 0) is 6.05 Å². The van der Waals surface area contributed by atoms with Crippen LogP contribution in [0, 0.1) is 6.92 Å². The van der Waals surface area contributed by atoms with E-state index in [-0.39, 0.29) is 12.4 Å². The summed E-state index contributed by atoms with van der Waals surface area (Å²) in [6.07, 6.45) is -1.12. The van der Waals surface area contributed by atoms with E-state index in [4.69, 9.17) is 20.7 Å². The number of nitrogens with two attached hydrogens (primary N) is 1. The van der Waals surface area contributed by atoms with Crippen molar-refractivity contribution in [3.63, 3.8) is 0 Å². The lowest BCUT2D eigenvalue weighted by atomic mass is 10.1. The monoisotopic (exact) mass is 247 g/mol. The van der Waals surface area contributed by atoms with Gasteiger partial charge >= 0.3 is 6.05 Å². The molecule has 0 amide bonds. The van der Waals surface area contributed by atoms with Gasteiger partial charge in [0.05, 0.1) is 12.2 Å². The lowest BCUT2D eigenvalue weighted by Gasteiger charge is -2.18. The molecule has 0 aliphatic heterocycles. The SMILES string of the molecule is Cc1ccc(OCC(O)CO)c(C(N)(F)F)c1. The van der Waals surface area contributed by atoms with E-state index in [0.29, 0.717) is 5.56 Å². The van der Waals surface area contributed by atoms with Crippen molar-refractivity contribution in [2.24, 2.45) is 5.73 Å². The summed E-state index contributed by atoms with van der Waals surface area (Å²) in [6, 6.07) is 0.664. The van der Waals surface area contributed by atoms with Crippen molar-refractivity contribution >= 4 is 0 Å². The maximum absolute atomic E-state index is 13.1. The van der Waals surface area contributed by atoms with Crippen molar-refractivity contribution in [1.29, 1.82) is 0 Å². The van der Waals surface area contributed by atoms with Gasteiger partial charge in [0.1, 0.15) is 18.5 Å². The minimum absolute atomic E-state index is 0.101. The molecule has 4 nitrogen and oxygen atoms in total. The molecule has 0 heterocycles. The normalized spacial score (nSPS) is 13.5. The molecule has 1 atom stereocenters. The number of rotatable bonds is 5. The Morgan fingerprint density at radius 2 is 2.12 bits per heavy atom. The highest BCUT2D eigenvalue weighted by Crippen LogP contribution is 2.31. The Bertz CT molecular complexity index is 379. The molecule has 0 aromatic heterocycles. The Labute approximate surface area is 97.6 Å². The second kappa shape index (κ2) is 5.39. The molecular weight excluding hydrogens is 232 g/mol. The molecule has 0 radical (unpaired) electrons. The van der Waals surface area contributed by atoms with E-state index >= 15 is 0 Å². The van der Waals surface area contributed by atoms with E-state index in [1.165, 1.54) is 12.1 Å². The fourth-order valence-corrected chi connectivity index (χ4v) is 1.27. The Balaban J connectivity index is 2.91. The highest BCUT2D eigenvalue weighted by atomic mass is 19.3. The molecule has 1 aromatic rings. The first kappa shape index (κ1) is 13.8. The van der Waals surface area contributed by atoms with E-state index in [9.17, 15) is 8.78 Å². The number of aliphatic hydroxyl groups excluding tert-OH is 2. The molecule has 4 N–H and O–H groups in total. The summed E-state index contributed by atoms with van der Waals surface area (Å²) in [4.78, 5) is 0. The van der Waals surface area contributed by atoms with Crippen LogP contribution in [0.3, 0.4) is 0 Å². The molecule has 1 unspecified atom stereocenters. The van der Waals surface area contributed by atoms with Gasteiger partial charge in [-0.15, -0.1) is 0 Å². The molecule has 96 valence electrons. The number of ether oxygens (including phenoxy) is 1. The van der Waals surface area contributed by atoms with Gasteiger partial charge in [-0.3, -0.25) is 5.73 Å². The summed E-state index contributed by atoms with van der Waals surface area (Å²) in [5, 5.41) is 17.7. The number of aliphatic hydroxyl groups is 2. The van der Waals surface area contributed by atoms with Gasteiger partial charge in [0.2, 0.25) is 0 Å². The lowest BCUT2D eigenvalue weighted by molar-refractivity contribution is -0.00240. The Kier molecular flexibility index (Phi) is 4.39. The zero-order chi connectivity index (χ0) is 13.1. The number of alkyl halides is 2. The van der Waals surface area contributed by atoms with Gasteiger partial charge in [-0.25, -0.2) is 0 Å². The number of aryl methyl sites for hydroxylation is 1. The minimum Gasteiger partial charge on any atom is -0.490 e. The Morgan fingerprint density at radius 3 is 2.65 bits per heavy atom. The average Bonchev–Trinajstić information content (AvgIpc) is 2.25. The van der Waals surface area contributed by atoms with Gasteiger partial charge in [-0.05, 0) is 19.1 Å². The molecule has 0 saturated heterocycles. The molecule has 1 rings (SSSR count). The summed E-state index contributed by atoms with van der Waals surface area (Å²) in [5.41, 5.74) is 4.92. The molecule has 0 bridgehead atoms. The largest absolute Gasteiger partial charge is 0.490 e. The molecule has 17 heavy (non-hydrogen) atoms. The third-order valence-corrected chi connectivity index (χ3v) is 2.14. The molecule has 0 saturated carbocycles. The van der Waals surface area contributed by atoms with Crippen LogP contribution >= 0.6 is 0 Å². The van der Waals surface area contributed by atoms with E-state index in [1.54, 1.807) is 13.0 Å². The maximum atomic E-state index is 13.1. The van der Waals surface area contributed by atoms with Gasteiger partial charge in [-0.2, -0.15) is 8.78 Å². The summed E-state index contributed by atoms with van der Waals surface area (Å²) in [5.74, 6) is -0.101. The maximum Gasteiger partial charge on any atom is 0.330 e. The van der Waals surface area contributed by atoms with Crippen molar-refractivity contribution < 1.29 is 23.7 Å². The number of halogens is 2. The van der Waals surface area contributed by atoms with Crippen molar-refractivity contribution in [2.75, 3.05) is 13.2 Å². The standard InChI is InChI=1S/C11H15F2NO3/c1-7-2-3-10(17-6-8(16)5-15)9(4-7)11(12,13)14/h2-4,8,15-16H,5-6,14H2,1H3. The van der Waals surface area contributed by atoms with E-state index in [2.05, 4.69) is 0 Å². The molecule has 0 fully saturated rings. The first-order chi connectivity index (χ1) is 7.84. The van der Waals surface area contributed by atoms with Crippen LogP contribution in [0.4, 0.5) is 8.78 Å². The van der Waals surface area contributed by atoms with E-state index in [1.807, 2.05) is 0 Å². The molecule has 0 aliphatic carbocycles. The fraction of sp³-hybridized carbons (Fsp3) is 0.455. The van der Waals surface area contributed by atoms with Crippen molar-refractivity contribution in [3.05, 3.63) is 29.3 Å². The molecule has 1 aromatic carbocycles. The topological polar surface area (TPSA) is 75.7 Å². The molecular formula is C11H15F2NO3. The average molecular weight is 247 g/mol. The second-order valence-electron chi connectivity index (χ2n) is 3.77. The highest BCUT2D eigenvalue weighted by molar-refractivity contribution is 5.39. The van der Waals surface area contributed by atoms with Crippen molar-refractivity contribution in [2.45, 2.75) is 19.1 Å². The van der Waals surface area contributed by atoms with Crippen molar-refractivity contribution in [3.8, 4) is 5.75 Å². The number of hydrogen-bond donors (Lipinski definition) is 3. The highest BCUT2D eigenvalue weighted by Gasteiger charge is 2.29. The smallest absolute Gasteiger partial charge is 0.330 e. The fourth-order valence-electron chi connectivity index (χ4n) is 1.27. The number of benzene rings is 1. The van der Waals surface area contributed by atoms with Gasteiger partial charge in [0, 0.05) is 0 Å². The quantitative estimate of drug-likeness (QED) is 0.671. The molecule has 6 heteroatoms. The van der Waals surface area contributed by atoms with Crippen LogP contribution in [0.25, 0.3) is 0 Å².